The molecule has 10 heteroatoms. The number of para-hydroxylation sites is 4. The van der Waals surface area contributed by atoms with Crippen LogP contribution in [0, 0.1) is 5.92 Å². The molecule has 6 aliphatic rings. The summed E-state index contributed by atoms with van der Waals surface area (Å²) >= 11 is 15.4. The highest BCUT2D eigenvalue weighted by atomic mass is 35.5. The molecule has 2 atom stereocenters. The van der Waals surface area contributed by atoms with Gasteiger partial charge in [-0.15, -0.1) is 13.2 Å². The predicted molar refractivity (Wildman–Crippen MR) is 305 cm³/mol. The Morgan fingerprint density at radius 2 is 1.07 bits per heavy atom. The zero-order chi connectivity index (χ0) is 53.8. The number of halogens is 2. The second-order valence-corrected chi connectivity index (χ2v) is 22.3. The number of anilines is 2. The third kappa shape index (κ3) is 7.69. The van der Waals surface area contributed by atoms with Gasteiger partial charge in [0.2, 0.25) is 0 Å². The molecule has 0 saturated carbocycles. The molecule has 0 N–H and O–H groups in total. The second kappa shape index (κ2) is 19.2. The maximum atomic E-state index is 15.8. The Morgan fingerprint density at radius 1 is 0.553 bits per heavy atom. The van der Waals surface area contributed by atoms with Crippen molar-refractivity contribution in [3.63, 3.8) is 0 Å². The van der Waals surface area contributed by atoms with E-state index in [0.717, 1.165) is 33.4 Å². The third-order valence-corrected chi connectivity index (χ3v) is 16.1. The van der Waals surface area contributed by atoms with Crippen molar-refractivity contribution in [3.05, 3.63) is 228 Å². The Labute approximate surface area is 454 Å². The quantitative estimate of drug-likeness (QED) is 0.0812. The highest BCUT2D eigenvalue weighted by Gasteiger charge is 2.55. The van der Waals surface area contributed by atoms with Crippen molar-refractivity contribution < 1.29 is 28.7 Å². The van der Waals surface area contributed by atoms with E-state index >= 15 is 19.2 Å². The first-order chi connectivity index (χ1) is 36.5. The van der Waals surface area contributed by atoms with Gasteiger partial charge in [0.05, 0.1) is 16.9 Å². The molecule has 5 aromatic carbocycles. The number of imide groups is 2. The van der Waals surface area contributed by atoms with E-state index in [9.17, 15) is 0 Å². The lowest BCUT2D eigenvalue weighted by Crippen LogP contribution is -2.48. The number of ether oxygens (including phenoxy) is 2. The standard InChI is InChI=1S/C66H58Cl2N2O6/c1-11-19-37-21-13-15-27-49(37)75-51-31-45-53-43(63(71)69(65(45)73)61-39(33(3)4)23-17-24-40(61)34(5)6)29-47(67)55-56-48(68)30-44-54-46(66(74)70(64(44)72)62-41(35(7)8)25-18-26-42(62)36(9)10)32-52(58(60(54)56)57(51)59(53)55)76-50-28-16-14-22-38(50)20-12-2/h11-18,21-36,51,60H,1-2,19-20H2,3-10H3. The molecule has 2 heterocycles. The molecule has 4 amide bonds. The lowest BCUT2D eigenvalue weighted by molar-refractivity contribution is -0.123. The average molecular weight is 1050 g/mol. The molecule has 0 saturated heterocycles. The third-order valence-electron chi connectivity index (χ3n) is 15.5. The van der Waals surface area contributed by atoms with Crippen LogP contribution in [0.4, 0.5) is 11.4 Å². The highest BCUT2D eigenvalue weighted by Crippen LogP contribution is 2.63. The van der Waals surface area contributed by atoms with E-state index in [4.69, 9.17) is 32.7 Å². The molecule has 2 aliphatic heterocycles. The van der Waals surface area contributed by atoms with Crippen LogP contribution in [0.2, 0.25) is 5.02 Å². The lowest BCUT2D eigenvalue weighted by Gasteiger charge is -2.47. The van der Waals surface area contributed by atoms with Crippen LogP contribution in [0.1, 0.15) is 139 Å². The molecule has 0 aromatic heterocycles. The minimum absolute atomic E-state index is 0.0349. The van der Waals surface area contributed by atoms with Crippen LogP contribution in [0.25, 0.3) is 16.7 Å². The zero-order valence-electron chi connectivity index (χ0n) is 43.9. The van der Waals surface area contributed by atoms with E-state index in [1.54, 1.807) is 30.4 Å². The number of rotatable bonds is 14. The van der Waals surface area contributed by atoms with Gasteiger partial charge in [0.25, 0.3) is 23.6 Å². The normalized spacial score (nSPS) is 18.4. The molecule has 0 bridgehead atoms. The minimum Gasteiger partial charge on any atom is -0.481 e. The molecule has 76 heavy (non-hydrogen) atoms. The van der Waals surface area contributed by atoms with Crippen molar-refractivity contribution in [2.75, 3.05) is 9.80 Å². The molecule has 4 aliphatic carbocycles. The molecule has 382 valence electrons. The number of fused-ring (bicyclic) bond motifs is 1. The van der Waals surface area contributed by atoms with Gasteiger partial charge in [-0.1, -0.05) is 164 Å². The Bertz CT molecular complexity index is 3620. The Balaban J connectivity index is 1.25. The number of carbonyl (C=O) groups is 4. The fourth-order valence-electron chi connectivity index (χ4n) is 12.1. The summed E-state index contributed by atoms with van der Waals surface area (Å²) in [4.78, 5) is 65.6. The van der Waals surface area contributed by atoms with Crippen molar-refractivity contribution in [1.29, 1.82) is 0 Å². The van der Waals surface area contributed by atoms with Crippen molar-refractivity contribution in [1.82, 2.24) is 0 Å². The van der Waals surface area contributed by atoms with Crippen LogP contribution < -0.4 is 19.3 Å². The molecule has 0 radical (unpaired) electrons. The first kappa shape index (κ1) is 50.6. The lowest BCUT2D eigenvalue weighted by atomic mass is 9.60. The number of benzene rings is 5. The zero-order valence-corrected chi connectivity index (χ0v) is 45.5. The van der Waals surface area contributed by atoms with Crippen LogP contribution in [0.5, 0.6) is 11.5 Å². The van der Waals surface area contributed by atoms with Crippen molar-refractivity contribution in [2.24, 2.45) is 5.92 Å². The SMILES string of the molecule is C=CCc1ccccc1OC1=CC2=C3C(=CC(Cl)=C4c5c(Cl)cc6c7c5C(=C1C34)C(Oc1ccccc1CC=C)C=C7C(=O)N(c1c(C(C)C)cccc1C(C)C)C6=O)C(=O)N(c1c(C(C)C)cccc1C(C)C)C2=O. The highest BCUT2D eigenvalue weighted by molar-refractivity contribution is 6.45. The van der Waals surface area contributed by atoms with E-state index in [1.807, 2.05) is 91.0 Å². The summed E-state index contributed by atoms with van der Waals surface area (Å²) in [5.74, 6) is -1.73. The number of hydrogen-bond donors (Lipinski definition) is 0. The molecule has 2 unspecified atom stereocenters. The number of nitrogens with zero attached hydrogens (tertiary/aromatic N) is 2. The largest absolute Gasteiger partial charge is 0.481 e. The fourth-order valence-corrected chi connectivity index (χ4v) is 12.7. The predicted octanol–water partition coefficient (Wildman–Crippen LogP) is 15.4. The van der Waals surface area contributed by atoms with Crippen LogP contribution in [0.3, 0.4) is 0 Å². The fraction of sp³-hybridized carbons (Fsp3) is 0.242. The smallest absolute Gasteiger partial charge is 0.266 e. The van der Waals surface area contributed by atoms with Crippen molar-refractivity contribution >= 4 is 74.9 Å². The van der Waals surface area contributed by atoms with Gasteiger partial charge in [-0.2, -0.15) is 0 Å². The van der Waals surface area contributed by atoms with Gasteiger partial charge in [0, 0.05) is 60.5 Å². The minimum atomic E-state index is -1.04. The van der Waals surface area contributed by atoms with E-state index < -0.39 is 35.7 Å². The van der Waals surface area contributed by atoms with E-state index in [2.05, 4.69) is 68.5 Å². The molecule has 8 nitrogen and oxygen atoms in total. The summed E-state index contributed by atoms with van der Waals surface area (Å²) in [7, 11) is 0. The topological polar surface area (TPSA) is 93.2 Å². The summed E-state index contributed by atoms with van der Waals surface area (Å²) in [6.45, 7) is 24.5. The van der Waals surface area contributed by atoms with Crippen LogP contribution in [-0.4, -0.2) is 29.7 Å². The molecule has 0 fully saturated rings. The van der Waals surface area contributed by atoms with Gasteiger partial charge in [-0.05, 0) is 117 Å². The molecule has 5 aromatic rings. The Kier molecular flexibility index (Phi) is 12.8. The summed E-state index contributed by atoms with van der Waals surface area (Å²) in [5.41, 5.74) is 10.7. The molecular weight excluding hydrogens is 988 g/mol. The van der Waals surface area contributed by atoms with Gasteiger partial charge in [-0.3, -0.25) is 19.2 Å². The first-order valence-corrected chi connectivity index (χ1v) is 26.9. The van der Waals surface area contributed by atoms with Crippen LogP contribution >= 0.6 is 23.2 Å². The Morgan fingerprint density at radius 3 is 1.62 bits per heavy atom. The maximum absolute atomic E-state index is 15.8. The van der Waals surface area contributed by atoms with Gasteiger partial charge < -0.3 is 9.47 Å². The van der Waals surface area contributed by atoms with Crippen molar-refractivity contribution in [2.45, 2.75) is 98.0 Å². The van der Waals surface area contributed by atoms with E-state index in [1.165, 1.54) is 9.80 Å². The monoisotopic (exact) mass is 1040 g/mol. The summed E-state index contributed by atoms with van der Waals surface area (Å²) in [6, 6.07) is 28.8. The molecular formula is C66H58Cl2N2O6. The first-order valence-electron chi connectivity index (χ1n) is 26.1. The molecule has 0 spiro atoms. The van der Waals surface area contributed by atoms with Crippen LogP contribution in [0.15, 0.2) is 168 Å². The number of amides is 4. The number of hydrogen-bond acceptors (Lipinski definition) is 6. The number of carbonyl (C=O) groups excluding carboxylic acids is 4. The van der Waals surface area contributed by atoms with Gasteiger partial charge >= 0.3 is 0 Å². The van der Waals surface area contributed by atoms with E-state index in [0.29, 0.717) is 80.5 Å². The summed E-state index contributed by atoms with van der Waals surface area (Å²) in [6.07, 6.45) is 8.73. The summed E-state index contributed by atoms with van der Waals surface area (Å²) < 4.78 is 14.6. The number of allylic oxidation sites excluding steroid dienone is 6. The molecule has 11 rings (SSSR count). The van der Waals surface area contributed by atoms with E-state index in [-0.39, 0.29) is 56.0 Å². The summed E-state index contributed by atoms with van der Waals surface area (Å²) in [5, 5.41) is 0.409. The van der Waals surface area contributed by atoms with Gasteiger partial charge in [-0.25, -0.2) is 9.80 Å². The maximum Gasteiger partial charge on any atom is 0.266 e. The second-order valence-electron chi connectivity index (χ2n) is 21.4. The Hall–Kier alpha value is -7.52. The van der Waals surface area contributed by atoms with Gasteiger partial charge in [0.1, 0.15) is 23.4 Å². The van der Waals surface area contributed by atoms with Gasteiger partial charge in [0.15, 0.2) is 0 Å². The average Bonchev–Trinajstić information content (AvgIpc) is 3.51. The van der Waals surface area contributed by atoms with Crippen molar-refractivity contribution in [3.8, 4) is 11.5 Å². The van der Waals surface area contributed by atoms with Crippen LogP contribution in [-0.2, 0) is 27.2 Å².